The predicted octanol–water partition coefficient (Wildman–Crippen LogP) is 1.84. The van der Waals surface area contributed by atoms with Gasteiger partial charge in [0.15, 0.2) is 0 Å². The van der Waals surface area contributed by atoms with Gasteiger partial charge < -0.3 is 84.3 Å². The molecule has 15 N–H and O–H groups in total. The van der Waals surface area contributed by atoms with Gasteiger partial charge in [0.1, 0.15) is 84.3 Å². The minimum absolute atomic E-state index is 0.0355. The van der Waals surface area contributed by atoms with Gasteiger partial charge >= 0.3 is 5.97 Å². The Morgan fingerprint density at radius 1 is 0.610 bits per heavy atom. The van der Waals surface area contributed by atoms with Crippen LogP contribution in [-0.2, 0) is 78.3 Å². The monoisotopic (exact) mass is 1480 g/mol. The summed E-state index contributed by atoms with van der Waals surface area (Å²) in [6.07, 6.45) is 1.08. The third kappa shape index (κ3) is 27.4. The van der Waals surface area contributed by atoms with Crippen molar-refractivity contribution in [2.75, 3.05) is 13.1 Å². The van der Waals surface area contributed by atoms with E-state index in [4.69, 9.17) is 10.5 Å². The number of nitrogens with zero attached hydrogens (tertiary/aromatic N) is 1. The Kier molecular flexibility index (Phi) is 37.8. The van der Waals surface area contributed by atoms with Crippen LogP contribution >= 0.6 is 0 Å². The summed E-state index contributed by atoms with van der Waals surface area (Å²) in [7, 11) is 0. The van der Waals surface area contributed by atoms with Crippen molar-refractivity contribution in [1.29, 1.82) is 0 Å². The SMILES string of the molecule is CC=C1NC(=O)[C@H](Cc2ccccc2)NC(=O)[C@@H](C(C)C)NC(=O)[C@@H](C(C)CC)NC(=O)[C@H](NC(=O)[C@H](NC(=O)[C@H](CCCN)NC(=O)[C@H]2CCCN2C(=O)[C@H](NC(=O)[C@@H](NC(=O)[C@@H](NC(=O)[C@H](NC(=O)CCC(C)CC)C(C)C)C(C)O)C(C)C)C(C)C)C(C)CC)C(C)OC(=O)[C@H](C(C)C)NC1=O. The van der Waals surface area contributed by atoms with E-state index < -0.39 is 203 Å². The number of aliphatic hydroxyl groups excluding tert-OH is 1. The quantitative estimate of drug-likeness (QED) is 0.0353. The molecule has 0 spiro atoms. The van der Waals surface area contributed by atoms with Crippen LogP contribution in [0, 0.1) is 47.3 Å². The van der Waals surface area contributed by atoms with Crippen LogP contribution in [0.2, 0.25) is 0 Å². The number of carbonyl (C=O) groups is 14. The first-order chi connectivity index (χ1) is 49.3. The number of hydrogen-bond acceptors (Lipinski definition) is 17. The van der Waals surface area contributed by atoms with Crippen molar-refractivity contribution in [3.8, 4) is 0 Å². The Hall–Kier alpha value is -8.54. The number of rotatable bonds is 33. The molecule has 13 amide bonds. The maximum absolute atomic E-state index is 15.0. The Morgan fingerprint density at radius 3 is 1.69 bits per heavy atom. The van der Waals surface area contributed by atoms with Gasteiger partial charge in [0.25, 0.3) is 5.91 Å². The van der Waals surface area contributed by atoms with E-state index in [1.807, 2.05) is 13.8 Å². The topological polar surface area (TPSA) is 442 Å². The van der Waals surface area contributed by atoms with Gasteiger partial charge in [-0.05, 0) is 112 Å². The lowest BCUT2D eigenvalue weighted by Gasteiger charge is -2.33. The van der Waals surface area contributed by atoms with Gasteiger partial charge in [0.2, 0.25) is 70.9 Å². The number of carbonyl (C=O) groups excluding carboxylic acids is 14. The highest BCUT2D eigenvalue weighted by atomic mass is 16.5. The minimum atomic E-state index is -1.83. The van der Waals surface area contributed by atoms with Crippen molar-refractivity contribution in [2.24, 2.45) is 53.1 Å². The number of benzene rings is 1. The van der Waals surface area contributed by atoms with E-state index in [2.05, 4.69) is 63.8 Å². The third-order valence-electron chi connectivity index (χ3n) is 19.6. The summed E-state index contributed by atoms with van der Waals surface area (Å²) in [5.41, 5.74) is 6.34. The van der Waals surface area contributed by atoms with E-state index in [0.29, 0.717) is 24.8 Å². The molecule has 3 rings (SSSR count). The lowest BCUT2D eigenvalue weighted by molar-refractivity contribution is -0.157. The smallest absolute Gasteiger partial charge is 0.329 e. The van der Waals surface area contributed by atoms with Gasteiger partial charge in [-0.3, -0.25) is 62.3 Å². The van der Waals surface area contributed by atoms with Gasteiger partial charge in [-0.25, -0.2) is 4.79 Å². The Labute approximate surface area is 620 Å². The van der Waals surface area contributed by atoms with Crippen molar-refractivity contribution in [1.82, 2.24) is 68.7 Å². The van der Waals surface area contributed by atoms with E-state index in [0.717, 1.165) is 6.42 Å². The number of nitrogens with two attached hydrogens (primary N) is 1. The van der Waals surface area contributed by atoms with Gasteiger partial charge in [-0.1, -0.05) is 166 Å². The van der Waals surface area contributed by atoms with Crippen LogP contribution in [0.15, 0.2) is 42.1 Å². The Balaban J connectivity index is 2.00. The molecule has 30 heteroatoms. The molecule has 2 fully saturated rings. The molecule has 30 nitrogen and oxygen atoms in total. The van der Waals surface area contributed by atoms with Crippen LogP contribution < -0.4 is 69.5 Å². The maximum Gasteiger partial charge on any atom is 0.329 e. The fraction of sp³-hybridized carbons (Fsp3) is 0.707. The molecule has 17 atom stereocenters. The molecule has 1 aromatic rings. The summed E-state index contributed by atoms with van der Waals surface area (Å²) in [6.45, 7) is 31.7. The van der Waals surface area contributed by atoms with Gasteiger partial charge in [-0.15, -0.1) is 0 Å². The summed E-state index contributed by atoms with van der Waals surface area (Å²) in [5.74, 6) is -15.2. The average Bonchev–Trinajstić information content (AvgIpc) is 1.80. The molecule has 2 aliphatic heterocycles. The summed E-state index contributed by atoms with van der Waals surface area (Å²) in [4.78, 5) is 202. The van der Waals surface area contributed by atoms with E-state index >= 15 is 9.59 Å². The predicted molar refractivity (Wildman–Crippen MR) is 395 cm³/mol. The molecule has 0 bridgehead atoms. The lowest BCUT2D eigenvalue weighted by atomic mass is 9.95. The number of amides is 13. The summed E-state index contributed by atoms with van der Waals surface area (Å²) in [6, 6.07) is -7.67. The zero-order chi connectivity index (χ0) is 79.4. The number of nitrogens with one attached hydrogen (secondary N) is 12. The summed E-state index contributed by atoms with van der Waals surface area (Å²) < 4.78 is 5.96. The second kappa shape index (κ2) is 43.8. The number of likely N-dealkylation sites (tertiary alicyclic amines) is 1. The first-order valence-corrected chi connectivity index (χ1v) is 37.5. The molecule has 105 heavy (non-hydrogen) atoms. The molecule has 0 radical (unpaired) electrons. The van der Waals surface area contributed by atoms with Crippen LogP contribution in [0.5, 0.6) is 0 Å². The van der Waals surface area contributed by atoms with Crippen LogP contribution in [0.3, 0.4) is 0 Å². The van der Waals surface area contributed by atoms with Crippen LogP contribution in [0.4, 0.5) is 0 Å². The summed E-state index contributed by atoms with van der Waals surface area (Å²) >= 11 is 0. The Bertz CT molecular complexity index is 3160. The number of allylic oxidation sites excluding steroid dienone is 1. The Morgan fingerprint density at radius 2 is 1.15 bits per heavy atom. The highest BCUT2D eigenvalue weighted by Gasteiger charge is 2.44. The fourth-order valence-corrected chi connectivity index (χ4v) is 12.0. The van der Waals surface area contributed by atoms with Gasteiger partial charge in [-0.2, -0.15) is 0 Å². The first kappa shape index (κ1) is 90.7. The van der Waals surface area contributed by atoms with Crippen LogP contribution in [0.1, 0.15) is 195 Å². The minimum Gasteiger partial charge on any atom is -0.458 e. The third-order valence-corrected chi connectivity index (χ3v) is 19.6. The van der Waals surface area contributed by atoms with Gasteiger partial charge in [0.05, 0.1) is 6.10 Å². The number of ether oxygens (including phenoxy) is 1. The van der Waals surface area contributed by atoms with Crippen molar-refractivity contribution in [3.63, 3.8) is 0 Å². The van der Waals surface area contributed by atoms with Crippen molar-refractivity contribution >= 4 is 82.8 Å². The molecular weight excluding hydrogens is 1350 g/mol. The van der Waals surface area contributed by atoms with Crippen LogP contribution in [0.25, 0.3) is 0 Å². The zero-order valence-corrected chi connectivity index (χ0v) is 65.2. The highest BCUT2D eigenvalue weighted by Crippen LogP contribution is 2.23. The normalized spacial score (nSPS) is 22.8. The van der Waals surface area contributed by atoms with E-state index in [1.54, 1.807) is 127 Å². The molecule has 0 saturated carbocycles. The number of hydrogen-bond donors (Lipinski definition) is 14. The second-order valence-corrected chi connectivity index (χ2v) is 30.0. The highest BCUT2D eigenvalue weighted by molar-refractivity contribution is 6.03. The lowest BCUT2D eigenvalue weighted by Crippen LogP contribution is -2.64. The van der Waals surface area contributed by atoms with Crippen molar-refractivity contribution in [2.45, 2.75) is 280 Å². The first-order valence-electron chi connectivity index (χ1n) is 37.5. The maximum atomic E-state index is 15.0. The molecular formula is C75H124N14O16. The van der Waals surface area contributed by atoms with Crippen LogP contribution in [-0.4, -0.2) is 191 Å². The molecule has 590 valence electrons. The summed E-state index contributed by atoms with van der Waals surface area (Å²) in [5, 5.41) is 43.2. The molecule has 2 saturated heterocycles. The standard InChI is InChI=1S/C75H124N14O16/c1-20-43(15)33-34-53(91)80-54(38(5)6)68(97)87-61(46(18)90)72(101)82-56(40(9)10)69(98)83-57(41(11)12)74(103)89-36-28-32-52(89)66(95)78-50(31-27-35-76)64(93)85-59(44(16)21-2)71(100)88-62-47(19)105-75(104)58(42(13)14)84-63(92)49(23-4)77-65(94)51(37-48-29-25-24-26-30-48)79-67(96)55(39(7)8)81-70(99)60(45(17)22-3)86-73(62)102/h23-26,29-30,38-47,50-52,54-62,90H,20-22,27-28,31-37,76H2,1-19H3,(H,77,94)(H,78,95)(H,79,96)(H,80,91)(H,81,99)(H,82,101)(H,83,98)(H,84,92)(H,85,93)(H,86,102)(H,87,97)(H,88,100)/t43?,44?,45?,46?,47?,50-,51-,52+,54+,55+,56-,57+,58-,59+,60+,61-,62+/m0/s1. The fourth-order valence-electron chi connectivity index (χ4n) is 12.0. The van der Waals surface area contributed by atoms with E-state index in [1.165, 1.54) is 31.7 Å². The number of cyclic esters (lactones) is 1. The van der Waals surface area contributed by atoms with E-state index in [9.17, 15) is 62.6 Å². The van der Waals surface area contributed by atoms with Gasteiger partial charge in [0, 0.05) is 19.4 Å². The van der Waals surface area contributed by atoms with Crippen molar-refractivity contribution < 1.29 is 77.0 Å². The molecule has 0 aliphatic carbocycles. The largest absolute Gasteiger partial charge is 0.458 e. The van der Waals surface area contributed by atoms with E-state index in [-0.39, 0.29) is 69.1 Å². The molecule has 5 unspecified atom stereocenters. The number of esters is 1. The molecule has 2 aliphatic rings. The molecule has 1 aromatic carbocycles. The molecule has 2 heterocycles. The second-order valence-electron chi connectivity index (χ2n) is 30.0. The average molecular weight is 1480 g/mol. The number of aliphatic hydroxyl groups is 1. The molecule has 0 aromatic heterocycles. The van der Waals surface area contributed by atoms with Crippen molar-refractivity contribution in [3.05, 3.63) is 47.7 Å². The zero-order valence-electron chi connectivity index (χ0n) is 65.2.